The van der Waals surface area contributed by atoms with Crippen LogP contribution in [0.2, 0.25) is 0 Å². The van der Waals surface area contributed by atoms with E-state index in [9.17, 15) is 0 Å². The zero-order chi connectivity index (χ0) is 8.81. The molecule has 1 aliphatic rings. The molecule has 0 amide bonds. The molecule has 1 rings (SSSR count). The van der Waals surface area contributed by atoms with Gasteiger partial charge in [-0.3, -0.25) is 0 Å². The summed E-state index contributed by atoms with van der Waals surface area (Å²) in [6.45, 7) is 4.59. The van der Waals surface area contributed by atoms with Crippen LogP contribution in [0.4, 0.5) is 0 Å². The van der Waals surface area contributed by atoms with Crippen molar-refractivity contribution in [3.05, 3.63) is 0 Å². The molecule has 0 aromatic rings. The topological polar surface area (TPSA) is 12.0 Å². The van der Waals surface area contributed by atoms with Crippen LogP contribution in [0.15, 0.2) is 0 Å². The maximum Gasteiger partial charge on any atom is 0.00695 e. The molecule has 0 aliphatic carbocycles. The molecule has 1 fully saturated rings. The second kappa shape index (κ2) is 5.58. The first kappa shape index (κ1) is 10.0. The molecule has 2 atom stereocenters. The van der Waals surface area contributed by atoms with Crippen molar-refractivity contribution in [2.45, 2.75) is 70.9 Å². The summed E-state index contributed by atoms with van der Waals surface area (Å²) in [5.41, 5.74) is 0. The van der Waals surface area contributed by atoms with Gasteiger partial charge < -0.3 is 5.32 Å². The lowest BCUT2D eigenvalue weighted by atomic mass is 9.96. The highest BCUT2D eigenvalue weighted by Crippen LogP contribution is 2.16. The molecule has 72 valence electrons. The summed E-state index contributed by atoms with van der Waals surface area (Å²) in [4.78, 5) is 0. The molecule has 0 bridgehead atoms. The Kier molecular flexibility index (Phi) is 4.67. The number of nitrogens with one attached hydrogen (secondary N) is 1. The summed E-state index contributed by atoms with van der Waals surface area (Å²) in [6.07, 6.45) is 9.80. The fourth-order valence-corrected chi connectivity index (χ4v) is 2.11. The minimum absolute atomic E-state index is 0.769. The van der Waals surface area contributed by atoms with Gasteiger partial charge in [-0.15, -0.1) is 0 Å². The zero-order valence-corrected chi connectivity index (χ0v) is 8.60. The van der Waals surface area contributed by atoms with Gasteiger partial charge in [-0.05, 0) is 26.2 Å². The van der Waals surface area contributed by atoms with Crippen molar-refractivity contribution in [2.75, 3.05) is 0 Å². The fourth-order valence-electron chi connectivity index (χ4n) is 2.11. The van der Waals surface area contributed by atoms with Crippen molar-refractivity contribution in [1.29, 1.82) is 0 Å². The zero-order valence-electron chi connectivity index (χ0n) is 8.60. The molecule has 12 heavy (non-hydrogen) atoms. The van der Waals surface area contributed by atoms with Gasteiger partial charge in [-0.2, -0.15) is 0 Å². The predicted molar refractivity (Wildman–Crippen MR) is 54.4 cm³/mol. The Morgan fingerprint density at radius 1 is 1.25 bits per heavy atom. The van der Waals surface area contributed by atoms with E-state index >= 15 is 0 Å². The molecule has 0 aromatic carbocycles. The van der Waals surface area contributed by atoms with Crippen LogP contribution in [0.3, 0.4) is 0 Å². The lowest BCUT2D eigenvalue weighted by Gasteiger charge is -2.28. The van der Waals surface area contributed by atoms with Crippen LogP contribution in [-0.2, 0) is 0 Å². The predicted octanol–water partition coefficient (Wildman–Crippen LogP) is 3.10. The monoisotopic (exact) mass is 169 g/mol. The van der Waals surface area contributed by atoms with E-state index in [-0.39, 0.29) is 0 Å². The lowest BCUT2D eigenvalue weighted by molar-refractivity contribution is 0.315. The summed E-state index contributed by atoms with van der Waals surface area (Å²) in [5.74, 6) is 0. The summed E-state index contributed by atoms with van der Waals surface area (Å²) in [7, 11) is 0. The summed E-state index contributed by atoms with van der Waals surface area (Å²) in [5, 5.41) is 3.68. The van der Waals surface area contributed by atoms with Crippen molar-refractivity contribution in [1.82, 2.24) is 5.32 Å². The largest absolute Gasteiger partial charge is 0.312 e. The molecular formula is C11H23N. The first-order chi connectivity index (χ1) is 5.83. The highest BCUT2D eigenvalue weighted by molar-refractivity contribution is 4.77. The Balaban J connectivity index is 2.06. The van der Waals surface area contributed by atoms with E-state index in [1.54, 1.807) is 0 Å². The number of hydrogen-bond donors (Lipinski definition) is 1. The van der Waals surface area contributed by atoms with Crippen LogP contribution >= 0.6 is 0 Å². The SMILES string of the molecule is CCCCC[C@@H]1CCC[C@H](C)N1. The Hall–Kier alpha value is -0.0400. The average Bonchev–Trinajstić information content (AvgIpc) is 2.05. The van der Waals surface area contributed by atoms with Gasteiger partial charge in [-0.1, -0.05) is 32.6 Å². The van der Waals surface area contributed by atoms with Crippen molar-refractivity contribution in [2.24, 2.45) is 0 Å². The van der Waals surface area contributed by atoms with Gasteiger partial charge in [-0.25, -0.2) is 0 Å². The third-order valence-corrected chi connectivity index (χ3v) is 2.87. The van der Waals surface area contributed by atoms with Crippen molar-refractivity contribution in [3.8, 4) is 0 Å². The van der Waals surface area contributed by atoms with Crippen molar-refractivity contribution < 1.29 is 0 Å². The minimum atomic E-state index is 0.769. The number of rotatable bonds is 4. The van der Waals surface area contributed by atoms with Gasteiger partial charge in [0.15, 0.2) is 0 Å². The smallest absolute Gasteiger partial charge is 0.00695 e. The van der Waals surface area contributed by atoms with E-state index in [2.05, 4.69) is 19.2 Å². The molecule has 1 heterocycles. The summed E-state index contributed by atoms with van der Waals surface area (Å²) < 4.78 is 0. The van der Waals surface area contributed by atoms with Gasteiger partial charge in [0, 0.05) is 12.1 Å². The standard InChI is InChI=1S/C11H23N/c1-3-4-5-8-11-9-6-7-10(2)12-11/h10-12H,3-9H2,1-2H3/t10-,11+/m0/s1. The number of piperidine rings is 1. The molecule has 0 saturated carbocycles. The van der Waals surface area contributed by atoms with Crippen LogP contribution in [-0.4, -0.2) is 12.1 Å². The molecule has 1 aliphatic heterocycles. The van der Waals surface area contributed by atoms with Crippen LogP contribution in [0.1, 0.15) is 58.8 Å². The van der Waals surface area contributed by atoms with Crippen LogP contribution < -0.4 is 5.32 Å². The Morgan fingerprint density at radius 2 is 2.08 bits per heavy atom. The second-order valence-corrected chi connectivity index (χ2v) is 4.19. The third kappa shape index (κ3) is 3.57. The maximum atomic E-state index is 3.68. The first-order valence-corrected chi connectivity index (χ1v) is 5.59. The second-order valence-electron chi connectivity index (χ2n) is 4.19. The molecular weight excluding hydrogens is 146 g/mol. The Labute approximate surface area is 76.9 Å². The Morgan fingerprint density at radius 3 is 2.75 bits per heavy atom. The van der Waals surface area contributed by atoms with E-state index < -0.39 is 0 Å². The molecule has 0 spiro atoms. The van der Waals surface area contributed by atoms with Gasteiger partial charge in [0.2, 0.25) is 0 Å². The number of hydrogen-bond acceptors (Lipinski definition) is 1. The molecule has 1 saturated heterocycles. The third-order valence-electron chi connectivity index (χ3n) is 2.87. The molecule has 0 radical (unpaired) electrons. The van der Waals surface area contributed by atoms with E-state index in [0.29, 0.717) is 0 Å². The molecule has 1 heteroatoms. The van der Waals surface area contributed by atoms with E-state index in [1.807, 2.05) is 0 Å². The van der Waals surface area contributed by atoms with E-state index in [4.69, 9.17) is 0 Å². The van der Waals surface area contributed by atoms with E-state index in [1.165, 1.54) is 44.9 Å². The average molecular weight is 169 g/mol. The highest BCUT2D eigenvalue weighted by Gasteiger charge is 2.16. The maximum absolute atomic E-state index is 3.68. The summed E-state index contributed by atoms with van der Waals surface area (Å²) >= 11 is 0. The lowest BCUT2D eigenvalue weighted by Crippen LogP contribution is -2.40. The van der Waals surface area contributed by atoms with Gasteiger partial charge in [0.1, 0.15) is 0 Å². The van der Waals surface area contributed by atoms with Crippen molar-refractivity contribution in [3.63, 3.8) is 0 Å². The quantitative estimate of drug-likeness (QED) is 0.638. The minimum Gasteiger partial charge on any atom is -0.312 e. The first-order valence-electron chi connectivity index (χ1n) is 5.59. The van der Waals surface area contributed by atoms with Gasteiger partial charge in [0.05, 0.1) is 0 Å². The summed E-state index contributed by atoms with van der Waals surface area (Å²) in [6, 6.07) is 1.60. The fraction of sp³-hybridized carbons (Fsp3) is 1.00. The van der Waals surface area contributed by atoms with Crippen molar-refractivity contribution >= 4 is 0 Å². The Bertz CT molecular complexity index is 112. The van der Waals surface area contributed by atoms with Gasteiger partial charge >= 0.3 is 0 Å². The highest BCUT2D eigenvalue weighted by atomic mass is 15.0. The molecule has 0 aromatic heterocycles. The molecule has 1 nitrogen and oxygen atoms in total. The molecule has 0 unspecified atom stereocenters. The normalized spacial score (nSPS) is 30.5. The van der Waals surface area contributed by atoms with Gasteiger partial charge in [0.25, 0.3) is 0 Å². The van der Waals surface area contributed by atoms with E-state index in [0.717, 1.165) is 12.1 Å². The molecule has 1 N–H and O–H groups in total. The van der Waals surface area contributed by atoms with Crippen LogP contribution in [0.25, 0.3) is 0 Å². The van der Waals surface area contributed by atoms with Crippen LogP contribution in [0, 0.1) is 0 Å². The van der Waals surface area contributed by atoms with Crippen LogP contribution in [0.5, 0.6) is 0 Å². The number of unbranched alkanes of at least 4 members (excludes halogenated alkanes) is 2.